The molecule has 0 unspecified atom stereocenters. The molecule has 0 saturated carbocycles. The van der Waals surface area contributed by atoms with E-state index in [9.17, 15) is 9.59 Å². The summed E-state index contributed by atoms with van der Waals surface area (Å²) in [5, 5.41) is 5.42. The zero-order valence-corrected chi connectivity index (χ0v) is 10.2. The summed E-state index contributed by atoms with van der Waals surface area (Å²) in [5.74, 6) is -0.996. The third-order valence-electron chi connectivity index (χ3n) is 2.15. The molecule has 15 heavy (non-hydrogen) atoms. The highest BCUT2D eigenvalue weighted by atomic mass is 16.2. The molecule has 0 aromatic carbocycles. The summed E-state index contributed by atoms with van der Waals surface area (Å²) in [6.45, 7) is 11.2. The fourth-order valence-corrected chi connectivity index (χ4v) is 1.33. The molecule has 0 aromatic heterocycles. The lowest BCUT2D eigenvalue weighted by molar-refractivity contribution is -0.142. The fraction of sp³-hybridized carbons (Fsp3) is 0.727. The maximum Gasteiger partial charge on any atom is 0.316 e. The second kappa shape index (κ2) is 3.15. The van der Waals surface area contributed by atoms with Crippen LogP contribution in [0, 0.1) is 5.41 Å². The molecule has 1 aliphatic heterocycles. The van der Waals surface area contributed by atoms with Crippen molar-refractivity contribution in [2.75, 3.05) is 0 Å². The first-order valence-corrected chi connectivity index (χ1v) is 5.03. The van der Waals surface area contributed by atoms with Crippen LogP contribution in [0.1, 0.15) is 41.5 Å². The molecule has 1 aliphatic rings. The van der Waals surface area contributed by atoms with E-state index >= 15 is 0 Å². The Kier molecular flexibility index (Phi) is 2.50. The monoisotopic (exact) mass is 210 g/mol. The van der Waals surface area contributed by atoms with Crippen molar-refractivity contribution in [2.45, 2.75) is 47.1 Å². The third kappa shape index (κ3) is 2.08. The Balaban J connectivity index is 3.14. The maximum absolute atomic E-state index is 11.7. The first kappa shape index (κ1) is 11.9. The number of carbonyl (C=O) groups excluding carboxylic acids is 2. The van der Waals surface area contributed by atoms with Crippen molar-refractivity contribution in [3.05, 3.63) is 0 Å². The van der Waals surface area contributed by atoms with Gasteiger partial charge in [-0.05, 0) is 20.8 Å². The van der Waals surface area contributed by atoms with Crippen LogP contribution in [0.2, 0.25) is 0 Å². The predicted octanol–water partition coefficient (Wildman–Crippen LogP) is 1.60. The van der Waals surface area contributed by atoms with Gasteiger partial charge >= 0.3 is 5.91 Å². The molecular weight excluding hydrogens is 192 g/mol. The number of hydrogen-bond donors (Lipinski definition) is 0. The minimum Gasteiger partial charge on any atom is -0.282 e. The summed E-state index contributed by atoms with van der Waals surface area (Å²) in [4.78, 5) is 23.4. The van der Waals surface area contributed by atoms with Crippen LogP contribution < -0.4 is 0 Å². The van der Waals surface area contributed by atoms with Gasteiger partial charge in [0.25, 0.3) is 5.78 Å². The number of Topliss-reactive ketones (excluding diaryl/α,β-unsaturated/α-hetero) is 1. The Morgan fingerprint density at radius 2 is 1.47 bits per heavy atom. The number of carbonyl (C=O) groups is 2. The summed E-state index contributed by atoms with van der Waals surface area (Å²) < 4.78 is 0. The Hall–Kier alpha value is -1.19. The summed E-state index contributed by atoms with van der Waals surface area (Å²) in [6.07, 6.45) is 0. The van der Waals surface area contributed by atoms with E-state index < -0.39 is 17.2 Å². The van der Waals surface area contributed by atoms with Gasteiger partial charge in [-0.15, -0.1) is 0 Å². The van der Waals surface area contributed by atoms with Crippen molar-refractivity contribution in [2.24, 2.45) is 10.5 Å². The average molecular weight is 210 g/mol. The van der Waals surface area contributed by atoms with E-state index in [1.807, 2.05) is 41.5 Å². The smallest absolute Gasteiger partial charge is 0.282 e. The topological polar surface area (TPSA) is 49.7 Å². The first-order chi connectivity index (χ1) is 6.55. The van der Waals surface area contributed by atoms with Crippen LogP contribution in [0.4, 0.5) is 0 Å². The predicted molar refractivity (Wildman–Crippen MR) is 58.5 cm³/mol. The molecule has 84 valence electrons. The van der Waals surface area contributed by atoms with Crippen molar-refractivity contribution in [1.29, 1.82) is 0 Å². The number of nitrogens with zero attached hydrogens (tertiary/aromatic N) is 2. The lowest BCUT2D eigenvalue weighted by atomic mass is 9.88. The Labute approximate surface area is 90.3 Å². The zero-order valence-electron chi connectivity index (χ0n) is 10.2. The van der Waals surface area contributed by atoms with Gasteiger partial charge in [0, 0.05) is 5.41 Å². The van der Waals surface area contributed by atoms with Crippen LogP contribution in [0.15, 0.2) is 5.10 Å². The van der Waals surface area contributed by atoms with Gasteiger partial charge in [-0.3, -0.25) is 9.59 Å². The number of ketones is 1. The third-order valence-corrected chi connectivity index (χ3v) is 2.15. The van der Waals surface area contributed by atoms with E-state index in [1.165, 1.54) is 5.01 Å². The minimum absolute atomic E-state index is 0.349. The molecule has 0 saturated heterocycles. The van der Waals surface area contributed by atoms with Crippen molar-refractivity contribution < 1.29 is 9.59 Å². The summed E-state index contributed by atoms with van der Waals surface area (Å²) in [6, 6.07) is 0. The lowest BCUT2D eigenvalue weighted by Gasteiger charge is -2.27. The molecule has 0 bridgehead atoms. The number of amides is 1. The second-order valence-corrected chi connectivity index (χ2v) is 5.82. The molecule has 4 nitrogen and oxygen atoms in total. The first-order valence-electron chi connectivity index (χ1n) is 5.03. The van der Waals surface area contributed by atoms with Crippen LogP contribution in [0.25, 0.3) is 0 Å². The molecular formula is C11H18N2O2. The number of hydrogen-bond acceptors (Lipinski definition) is 3. The van der Waals surface area contributed by atoms with Crippen molar-refractivity contribution in [1.82, 2.24) is 5.01 Å². The quantitative estimate of drug-likeness (QED) is 0.570. The fourth-order valence-electron chi connectivity index (χ4n) is 1.33. The zero-order chi connectivity index (χ0) is 12.0. The lowest BCUT2D eigenvalue weighted by Crippen LogP contribution is -2.41. The van der Waals surface area contributed by atoms with Gasteiger partial charge in [0.1, 0.15) is 5.71 Å². The molecule has 0 fully saturated rings. The normalized spacial score (nSPS) is 18.5. The highest BCUT2D eigenvalue weighted by Gasteiger charge is 2.43. The molecule has 1 rings (SSSR count). The maximum atomic E-state index is 11.7. The van der Waals surface area contributed by atoms with E-state index in [-0.39, 0.29) is 5.41 Å². The van der Waals surface area contributed by atoms with Crippen molar-refractivity contribution in [3.8, 4) is 0 Å². The Morgan fingerprint density at radius 1 is 1.00 bits per heavy atom. The van der Waals surface area contributed by atoms with Gasteiger partial charge in [0.05, 0.1) is 5.54 Å². The molecule has 4 heteroatoms. The largest absolute Gasteiger partial charge is 0.316 e. The Bertz CT molecular complexity index is 343. The van der Waals surface area contributed by atoms with Crippen LogP contribution in [0.5, 0.6) is 0 Å². The van der Waals surface area contributed by atoms with Crippen LogP contribution in [-0.2, 0) is 9.59 Å². The van der Waals surface area contributed by atoms with Gasteiger partial charge < -0.3 is 0 Å². The molecule has 0 radical (unpaired) electrons. The summed E-state index contributed by atoms with van der Waals surface area (Å²) in [7, 11) is 0. The molecule has 1 heterocycles. The van der Waals surface area contributed by atoms with E-state index in [0.717, 1.165) is 0 Å². The second-order valence-electron chi connectivity index (χ2n) is 5.82. The molecule has 0 N–H and O–H groups in total. The van der Waals surface area contributed by atoms with Crippen LogP contribution in [0.3, 0.4) is 0 Å². The molecule has 0 spiro atoms. The van der Waals surface area contributed by atoms with E-state index in [0.29, 0.717) is 5.71 Å². The number of hydrazone groups is 1. The SMILES string of the molecule is CC(C)(C)C1=NN(C(C)(C)C)C(=O)C1=O. The molecule has 0 atom stereocenters. The highest BCUT2D eigenvalue weighted by molar-refractivity contribution is 6.67. The minimum atomic E-state index is -0.521. The summed E-state index contributed by atoms with van der Waals surface area (Å²) in [5.41, 5.74) is -0.477. The average Bonchev–Trinajstić information content (AvgIpc) is 2.26. The Morgan fingerprint density at radius 3 is 1.67 bits per heavy atom. The van der Waals surface area contributed by atoms with Gasteiger partial charge in [0.15, 0.2) is 0 Å². The standard InChI is InChI=1S/C11H18N2O2/c1-10(2,3)8-7(14)9(15)13(12-8)11(4,5)6/h1-6H3. The van der Waals surface area contributed by atoms with E-state index in [4.69, 9.17) is 0 Å². The van der Waals surface area contributed by atoms with Crippen LogP contribution >= 0.6 is 0 Å². The van der Waals surface area contributed by atoms with Crippen molar-refractivity contribution in [3.63, 3.8) is 0 Å². The molecule has 1 amide bonds. The van der Waals surface area contributed by atoms with Gasteiger partial charge in [-0.1, -0.05) is 20.8 Å². The van der Waals surface area contributed by atoms with Gasteiger partial charge in [-0.2, -0.15) is 5.10 Å². The van der Waals surface area contributed by atoms with Crippen molar-refractivity contribution >= 4 is 17.4 Å². The number of rotatable bonds is 0. The van der Waals surface area contributed by atoms with Gasteiger partial charge in [-0.25, -0.2) is 5.01 Å². The summed E-state index contributed by atoms with van der Waals surface area (Å²) >= 11 is 0. The van der Waals surface area contributed by atoms with Crippen LogP contribution in [-0.4, -0.2) is 27.9 Å². The van der Waals surface area contributed by atoms with E-state index in [1.54, 1.807) is 0 Å². The highest BCUT2D eigenvalue weighted by Crippen LogP contribution is 2.26. The van der Waals surface area contributed by atoms with E-state index in [2.05, 4.69) is 5.10 Å². The molecule has 0 aliphatic carbocycles. The molecule has 0 aromatic rings. The van der Waals surface area contributed by atoms with Gasteiger partial charge in [0.2, 0.25) is 0 Å².